The molecule has 17 heavy (non-hydrogen) atoms. The van der Waals surface area contributed by atoms with E-state index in [2.05, 4.69) is 17.6 Å². The molecule has 1 aromatic carbocycles. The molecular formula is C14H20N2O. The molecule has 1 amide bonds. The number of aryl methyl sites for hydroxylation is 1. The minimum atomic E-state index is 0.125. The Balaban J connectivity index is 1.91. The van der Waals surface area contributed by atoms with Gasteiger partial charge >= 0.3 is 0 Å². The van der Waals surface area contributed by atoms with Crippen LogP contribution >= 0.6 is 0 Å². The van der Waals surface area contributed by atoms with Crippen LogP contribution < -0.4 is 10.6 Å². The topological polar surface area (TPSA) is 41.1 Å². The number of carbonyl (C=O) groups excluding carboxylic acids is 1. The molecule has 0 spiro atoms. The Bertz CT molecular complexity index is 403. The highest BCUT2D eigenvalue weighted by atomic mass is 16.1. The van der Waals surface area contributed by atoms with E-state index in [-0.39, 0.29) is 11.9 Å². The number of benzene rings is 1. The Hall–Kier alpha value is -1.35. The predicted molar refractivity (Wildman–Crippen MR) is 68.8 cm³/mol. The van der Waals surface area contributed by atoms with Crippen LogP contribution in [0.25, 0.3) is 0 Å². The molecule has 0 saturated carbocycles. The van der Waals surface area contributed by atoms with Gasteiger partial charge in [-0.2, -0.15) is 0 Å². The van der Waals surface area contributed by atoms with E-state index in [9.17, 15) is 4.79 Å². The van der Waals surface area contributed by atoms with E-state index >= 15 is 0 Å². The first-order chi connectivity index (χ1) is 8.16. The van der Waals surface area contributed by atoms with Crippen molar-refractivity contribution in [3.05, 3.63) is 35.4 Å². The molecule has 1 heterocycles. The number of amides is 1. The van der Waals surface area contributed by atoms with Crippen molar-refractivity contribution >= 4 is 5.91 Å². The molecule has 0 bridgehead atoms. The molecule has 3 nitrogen and oxygen atoms in total. The maximum absolute atomic E-state index is 11.9. The van der Waals surface area contributed by atoms with Crippen molar-refractivity contribution in [2.45, 2.75) is 26.3 Å². The van der Waals surface area contributed by atoms with E-state index in [1.54, 1.807) is 0 Å². The fourth-order valence-corrected chi connectivity index (χ4v) is 2.24. The lowest BCUT2D eigenvalue weighted by molar-refractivity contribution is -0.121. The van der Waals surface area contributed by atoms with Gasteiger partial charge in [0.2, 0.25) is 5.91 Å². The van der Waals surface area contributed by atoms with Crippen LogP contribution in [0.15, 0.2) is 24.3 Å². The second-order valence-corrected chi connectivity index (χ2v) is 4.91. The fourth-order valence-electron chi connectivity index (χ4n) is 2.24. The maximum Gasteiger partial charge on any atom is 0.224 e. The lowest BCUT2D eigenvalue weighted by Crippen LogP contribution is -2.40. The summed E-state index contributed by atoms with van der Waals surface area (Å²) in [7, 11) is 0. The van der Waals surface area contributed by atoms with E-state index in [1.807, 2.05) is 31.2 Å². The molecule has 92 valence electrons. The highest BCUT2D eigenvalue weighted by molar-refractivity contribution is 5.79. The lowest BCUT2D eigenvalue weighted by atomic mass is 10.0. The van der Waals surface area contributed by atoms with Gasteiger partial charge in [-0.05, 0) is 30.5 Å². The van der Waals surface area contributed by atoms with E-state index in [4.69, 9.17) is 0 Å². The quantitative estimate of drug-likeness (QED) is 0.824. The standard InChI is InChI=1S/C14H20N2O/c1-10-5-3-4-6-12(10)7-14(17)16-13-9-15-8-11(13)2/h3-6,11,13,15H,7-9H2,1-2H3,(H,16,17). The summed E-state index contributed by atoms with van der Waals surface area (Å²) < 4.78 is 0. The molecule has 0 aromatic heterocycles. The lowest BCUT2D eigenvalue weighted by Gasteiger charge is -2.16. The first-order valence-electron chi connectivity index (χ1n) is 6.21. The SMILES string of the molecule is Cc1ccccc1CC(=O)NC1CNCC1C. The van der Waals surface area contributed by atoms with Crippen molar-refractivity contribution in [1.29, 1.82) is 0 Å². The third kappa shape index (κ3) is 3.07. The van der Waals surface area contributed by atoms with Crippen LogP contribution in [0.1, 0.15) is 18.1 Å². The van der Waals surface area contributed by atoms with Gasteiger partial charge in [-0.1, -0.05) is 31.2 Å². The van der Waals surface area contributed by atoms with Gasteiger partial charge in [-0.15, -0.1) is 0 Å². The molecule has 2 unspecified atom stereocenters. The summed E-state index contributed by atoms with van der Waals surface area (Å²) in [6.45, 7) is 6.09. The Morgan fingerprint density at radius 1 is 1.41 bits per heavy atom. The second kappa shape index (κ2) is 5.32. The van der Waals surface area contributed by atoms with Gasteiger partial charge in [0.25, 0.3) is 0 Å². The number of hydrogen-bond donors (Lipinski definition) is 2. The van der Waals surface area contributed by atoms with Crippen molar-refractivity contribution in [2.24, 2.45) is 5.92 Å². The summed E-state index contributed by atoms with van der Waals surface area (Å²) in [6, 6.07) is 8.33. The normalized spacial score (nSPS) is 23.6. The van der Waals surface area contributed by atoms with Gasteiger partial charge in [0.05, 0.1) is 6.42 Å². The molecule has 0 aliphatic carbocycles. The summed E-state index contributed by atoms with van der Waals surface area (Å²) in [4.78, 5) is 11.9. The van der Waals surface area contributed by atoms with Crippen LogP contribution in [0.2, 0.25) is 0 Å². The molecule has 1 fully saturated rings. The van der Waals surface area contributed by atoms with Crippen LogP contribution in [-0.4, -0.2) is 25.0 Å². The Labute approximate surface area is 103 Å². The van der Waals surface area contributed by atoms with Crippen LogP contribution in [0, 0.1) is 12.8 Å². The van der Waals surface area contributed by atoms with Gasteiger partial charge in [0, 0.05) is 12.6 Å². The minimum absolute atomic E-state index is 0.125. The zero-order valence-electron chi connectivity index (χ0n) is 10.5. The molecular weight excluding hydrogens is 212 g/mol. The Morgan fingerprint density at radius 3 is 2.82 bits per heavy atom. The highest BCUT2D eigenvalue weighted by Crippen LogP contribution is 2.10. The predicted octanol–water partition coefficient (Wildman–Crippen LogP) is 1.26. The average Bonchev–Trinajstić information content (AvgIpc) is 2.68. The zero-order chi connectivity index (χ0) is 12.3. The first-order valence-corrected chi connectivity index (χ1v) is 6.21. The number of nitrogens with one attached hydrogen (secondary N) is 2. The minimum Gasteiger partial charge on any atom is -0.351 e. The molecule has 1 aliphatic heterocycles. The number of rotatable bonds is 3. The average molecular weight is 232 g/mol. The third-order valence-electron chi connectivity index (χ3n) is 3.48. The third-order valence-corrected chi connectivity index (χ3v) is 3.48. The van der Waals surface area contributed by atoms with Gasteiger partial charge in [-0.3, -0.25) is 4.79 Å². The molecule has 1 saturated heterocycles. The Morgan fingerprint density at radius 2 is 2.18 bits per heavy atom. The van der Waals surface area contributed by atoms with Gasteiger partial charge < -0.3 is 10.6 Å². The van der Waals surface area contributed by atoms with E-state index in [0.29, 0.717) is 12.3 Å². The number of carbonyl (C=O) groups is 1. The largest absolute Gasteiger partial charge is 0.351 e. The second-order valence-electron chi connectivity index (χ2n) is 4.91. The molecule has 1 aromatic rings. The van der Waals surface area contributed by atoms with Crippen molar-refractivity contribution < 1.29 is 4.79 Å². The van der Waals surface area contributed by atoms with Crippen LogP contribution in [0.4, 0.5) is 0 Å². The Kier molecular flexibility index (Phi) is 3.79. The summed E-state index contributed by atoms with van der Waals surface area (Å²) >= 11 is 0. The van der Waals surface area contributed by atoms with E-state index < -0.39 is 0 Å². The maximum atomic E-state index is 11.9. The number of hydrogen-bond acceptors (Lipinski definition) is 2. The summed E-state index contributed by atoms with van der Waals surface area (Å²) in [5.74, 6) is 0.649. The molecule has 1 aliphatic rings. The molecule has 2 rings (SSSR count). The highest BCUT2D eigenvalue weighted by Gasteiger charge is 2.24. The zero-order valence-corrected chi connectivity index (χ0v) is 10.5. The van der Waals surface area contributed by atoms with Crippen LogP contribution in [-0.2, 0) is 11.2 Å². The first kappa shape index (κ1) is 12.1. The molecule has 3 heteroatoms. The van der Waals surface area contributed by atoms with Crippen molar-refractivity contribution in [2.75, 3.05) is 13.1 Å². The smallest absolute Gasteiger partial charge is 0.224 e. The van der Waals surface area contributed by atoms with Gasteiger partial charge in [0.15, 0.2) is 0 Å². The van der Waals surface area contributed by atoms with Crippen LogP contribution in [0.3, 0.4) is 0 Å². The van der Waals surface area contributed by atoms with E-state index in [0.717, 1.165) is 18.7 Å². The molecule has 0 radical (unpaired) electrons. The monoisotopic (exact) mass is 232 g/mol. The molecule has 2 N–H and O–H groups in total. The summed E-state index contributed by atoms with van der Waals surface area (Å²) in [5.41, 5.74) is 2.30. The molecule has 2 atom stereocenters. The van der Waals surface area contributed by atoms with Gasteiger partial charge in [-0.25, -0.2) is 0 Å². The fraction of sp³-hybridized carbons (Fsp3) is 0.500. The van der Waals surface area contributed by atoms with Crippen molar-refractivity contribution in [3.8, 4) is 0 Å². The van der Waals surface area contributed by atoms with Crippen LogP contribution in [0.5, 0.6) is 0 Å². The summed E-state index contributed by atoms with van der Waals surface area (Å²) in [5, 5.41) is 6.39. The summed E-state index contributed by atoms with van der Waals surface area (Å²) in [6.07, 6.45) is 0.482. The van der Waals surface area contributed by atoms with Crippen molar-refractivity contribution in [3.63, 3.8) is 0 Å². The van der Waals surface area contributed by atoms with E-state index in [1.165, 1.54) is 5.56 Å². The van der Waals surface area contributed by atoms with Crippen molar-refractivity contribution in [1.82, 2.24) is 10.6 Å². The van der Waals surface area contributed by atoms with Gasteiger partial charge in [0.1, 0.15) is 0 Å².